The summed E-state index contributed by atoms with van der Waals surface area (Å²) in [5.41, 5.74) is 12.2. The van der Waals surface area contributed by atoms with Crippen molar-refractivity contribution in [3.8, 4) is 33.4 Å². The lowest BCUT2D eigenvalue weighted by atomic mass is 9.97. The van der Waals surface area contributed by atoms with Crippen LogP contribution in [0.3, 0.4) is 0 Å². The molecule has 1 heterocycles. The molecule has 0 bridgehead atoms. The minimum absolute atomic E-state index is 0.892. The van der Waals surface area contributed by atoms with E-state index in [0.29, 0.717) is 0 Å². The number of anilines is 3. The Hall–Kier alpha value is -6.90. The fraction of sp³-hybridized carbons (Fsp3) is 0. The normalized spacial score (nSPS) is 11.5. The van der Waals surface area contributed by atoms with Crippen molar-refractivity contribution in [2.24, 2.45) is 0 Å². The molecule has 9 aromatic carbocycles. The van der Waals surface area contributed by atoms with E-state index in [1.807, 2.05) is 0 Å². The summed E-state index contributed by atoms with van der Waals surface area (Å²) >= 11 is 0. The number of fused-ring (bicyclic) bond motifs is 6. The standard InChI is InChI=1S/C50H33NO/c1-3-12-34(13-4-1)36-22-26-41(27-23-36)51(48-33-40-16-7-8-19-43(40)44-20-9-10-21-45(44)48)42-18-11-17-37(30-42)39-25-29-50-47(32-39)46-31-38(24-28-49(46)52-50)35-14-5-2-6-15-35/h1-33H. The molecule has 0 saturated carbocycles. The monoisotopic (exact) mass is 663 g/mol. The van der Waals surface area contributed by atoms with E-state index in [0.717, 1.165) is 50.1 Å². The molecule has 0 atom stereocenters. The molecule has 0 N–H and O–H groups in total. The molecule has 0 spiro atoms. The molecular weight excluding hydrogens is 631 g/mol. The Kier molecular flexibility index (Phi) is 7.18. The van der Waals surface area contributed by atoms with E-state index in [-0.39, 0.29) is 0 Å². The van der Waals surface area contributed by atoms with Gasteiger partial charge < -0.3 is 9.32 Å². The van der Waals surface area contributed by atoms with Crippen LogP contribution in [0.4, 0.5) is 17.1 Å². The van der Waals surface area contributed by atoms with Gasteiger partial charge in [0.25, 0.3) is 0 Å². The van der Waals surface area contributed by atoms with Gasteiger partial charge in [0.1, 0.15) is 11.2 Å². The molecule has 0 aliphatic heterocycles. The zero-order chi connectivity index (χ0) is 34.4. The van der Waals surface area contributed by atoms with Crippen molar-refractivity contribution in [2.75, 3.05) is 4.90 Å². The van der Waals surface area contributed by atoms with Gasteiger partial charge in [-0.2, -0.15) is 0 Å². The zero-order valence-corrected chi connectivity index (χ0v) is 28.4. The summed E-state index contributed by atoms with van der Waals surface area (Å²) in [7, 11) is 0. The second-order valence-electron chi connectivity index (χ2n) is 13.4. The van der Waals surface area contributed by atoms with Gasteiger partial charge in [0.15, 0.2) is 0 Å². The second kappa shape index (κ2) is 12.5. The molecule has 0 aliphatic rings. The van der Waals surface area contributed by atoms with Gasteiger partial charge in [0.05, 0.1) is 5.69 Å². The first-order valence-corrected chi connectivity index (χ1v) is 17.8. The van der Waals surface area contributed by atoms with Crippen LogP contribution in [-0.4, -0.2) is 0 Å². The highest BCUT2D eigenvalue weighted by atomic mass is 16.3. The number of benzene rings is 9. The number of furan rings is 1. The highest BCUT2D eigenvalue weighted by molar-refractivity contribution is 6.14. The molecule has 2 heteroatoms. The highest BCUT2D eigenvalue weighted by Crippen LogP contribution is 2.44. The smallest absolute Gasteiger partial charge is 0.135 e. The number of rotatable bonds is 6. The Bertz CT molecular complexity index is 2890. The van der Waals surface area contributed by atoms with Crippen LogP contribution in [0.5, 0.6) is 0 Å². The van der Waals surface area contributed by atoms with Crippen LogP contribution in [0.15, 0.2) is 205 Å². The van der Waals surface area contributed by atoms with Crippen LogP contribution in [-0.2, 0) is 0 Å². The third-order valence-corrected chi connectivity index (χ3v) is 10.2. The summed E-state index contributed by atoms with van der Waals surface area (Å²) < 4.78 is 6.32. The SMILES string of the molecule is c1ccc(-c2ccc(N(c3cccc(-c4ccc5oc6ccc(-c7ccccc7)cc6c5c4)c3)c3cc4ccccc4c4ccccc34)cc2)cc1. The third-order valence-electron chi connectivity index (χ3n) is 10.2. The van der Waals surface area contributed by atoms with Crippen LogP contribution in [0.2, 0.25) is 0 Å². The molecule has 52 heavy (non-hydrogen) atoms. The summed E-state index contributed by atoms with van der Waals surface area (Å²) in [4.78, 5) is 2.41. The number of hydrogen-bond donors (Lipinski definition) is 0. The van der Waals surface area contributed by atoms with Gasteiger partial charge in [-0.05, 0) is 104 Å². The maximum Gasteiger partial charge on any atom is 0.135 e. The lowest BCUT2D eigenvalue weighted by Gasteiger charge is -2.28. The van der Waals surface area contributed by atoms with Crippen LogP contribution >= 0.6 is 0 Å². The number of hydrogen-bond acceptors (Lipinski definition) is 2. The molecule has 0 fully saturated rings. The van der Waals surface area contributed by atoms with Crippen molar-refractivity contribution in [3.63, 3.8) is 0 Å². The molecule has 2 nitrogen and oxygen atoms in total. The molecule has 0 amide bonds. The predicted octanol–water partition coefficient (Wildman–Crippen LogP) is 14.4. The summed E-state index contributed by atoms with van der Waals surface area (Å²) in [6.07, 6.45) is 0. The van der Waals surface area contributed by atoms with Crippen molar-refractivity contribution < 1.29 is 4.42 Å². The molecule has 0 saturated heterocycles. The average molecular weight is 664 g/mol. The summed E-state index contributed by atoms with van der Waals surface area (Å²) in [5.74, 6) is 0. The zero-order valence-electron chi connectivity index (χ0n) is 28.4. The quantitative estimate of drug-likeness (QED) is 0.165. The Morgan fingerprint density at radius 3 is 1.48 bits per heavy atom. The lowest BCUT2D eigenvalue weighted by Crippen LogP contribution is -2.10. The molecule has 10 rings (SSSR count). The molecule has 1 aromatic heterocycles. The largest absolute Gasteiger partial charge is 0.456 e. The summed E-state index contributed by atoms with van der Waals surface area (Å²) in [6.45, 7) is 0. The van der Waals surface area contributed by atoms with Crippen molar-refractivity contribution in [3.05, 3.63) is 200 Å². The summed E-state index contributed by atoms with van der Waals surface area (Å²) in [5, 5.41) is 7.15. The van der Waals surface area contributed by atoms with Crippen LogP contribution in [0, 0.1) is 0 Å². The maximum absolute atomic E-state index is 6.32. The average Bonchev–Trinajstić information content (AvgIpc) is 3.59. The molecule has 0 radical (unpaired) electrons. The molecule has 10 aromatic rings. The molecule has 244 valence electrons. The lowest BCUT2D eigenvalue weighted by molar-refractivity contribution is 0.669. The van der Waals surface area contributed by atoms with Gasteiger partial charge in [0.2, 0.25) is 0 Å². The third kappa shape index (κ3) is 5.21. The van der Waals surface area contributed by atoms with Crippen molar-refractivity contribution >= 4 is 60.5 Å². The Balaban J connectivity index is 1.14. The Labute approximate surface area is 302 Å². The van der Waals surface area contributed by atoms with Crippen LogP contribution in [0.25, 0.3) is 76.9 Å². The van der Waals surface area contributed by atoms with Gasteiger partial charge >= 0.3 is 0 Å². The molecule has 0 aliphatic carbocycles. The first kappa shape index (κ1) is 30.0. The van der Waals surface area contributed by atoms with Gasteiger partial charge in [0, 0.05) is 27.5 Å². The van der Waals surface area contributed by atoms with Crippen LogP contribution in [0.1, 0.15) is 0 Å². The Morgan fingerprint density at radius 2 is 0.788 bits per heavy atom. The van der Waals surface area contributed by atoms with Gasteiger partial charge in [-0.1, -0.05) is 146 Å². The second-order valence-corrected chi connectivity index (χ2v) is 13.4. The minimum Gasteiger partial charge on any atom is -0.456 e. The number of nitrogens with zero attached hydrogens (tertiary/aromatic N) is 1. The molecular formula is C50H33NO. The summed E-state index contributed by atoms with van der Waals surface area (Å²) in [6, 6.07) is 71.8. The van der Waals surface area contributed by atoms with Crippen molar-refractivity contribution in [1.29, 1.82) is 0 Å². The van der Waals surface area contributed by atoms with Crippen molar-refractivity contribution in [1.82, 2.24) is 0 Å². The topological polar surface area (TPSA) is 16.4 Å². The van der Waals surface area contributed by atoms with Crippen molar-refractivity contribution in [2.45, 2.75) is 0 Å². The Morgan fingerprint density at radius 1 is 0.288 bits per heavy atom. The highest BCUT2D eigenvalue weighted by Gasteiger charge is 2.19. The van der Waals surface area contributed by atoms with E-state index in [2.05, 4.69) is 205 Å². The predicted molar refractivity (Wildman–Crippen MR) is 220 cm³/mol. The first-order chi connectivity index (χ1) is 25.8. The van der Waals surface area contributed by atoms with Gasteiger partial charge in [-0.25, -0.2) is 0 Å². The molecule has 0 unspecified atom stereocenters. The van der Waals surface area contributed by atoms with Crippen LogP contribution < -0.4 is 4.90 Å². The maximum atomic E-state index is 6.32. The van der Waals surface area contributed by atoms with E-state index in [9.17, 15) is 0 Å². The van der Waals surface area contributed by atoms with E-state index < -0.39 is 0 Å². The van der Waals surface area contributed by atoms with Gasteiger partial charge in [-0.15, -0.1) is 0 Å². The fourth-order valence-corrected chi connectivity index (χ4v) is 7.67. The fourth-order valence-electron chi connectivity index (χ4n) is 7.67. The van der Waals surface area contributed by atoms with E-state index in [4.69, 9.17) is 4.42 Å². The minimum atomic E-state index is 0.892. The van der Waals surface area contributed by atoms with E-state index >= 15 is 0 Å². The van der Waals surface area contributed by atoms with Gasteiger partial charge in [-0.3, -0.25) is 0 Å². The van der Waals surface area contributed by atoms with E-state index in [1.54, 1.807) is 0 Å². The van der Waals surface area contributed by atoms with E-state index in [1.165, 1.54) is 43.8 Å². The first-order valence-electron chi connectivity index (χ1n) is 17.8.